The molecule has 0 bridgehead atoms. The van der Waals surface area contributed by atoms with Crippen LogP contribution in [0.3, 0.4) is 0 Å². The Balaban J connectivity index is 2.05. The van der Waals surface area contributed by atoms with Crippen molar-refractivity contribution in [3.05, 3.63) is 89.0 Å². The molecule has 0 saturated heterocycles. The first-order valence-electron chi connectivity index (χ1n) is 10.0. The van der Waals surface area contributed by atoms with Crippen LogP contribution in [0, 0.1) is 11.8 Å². The van der Waals surface area contributed by atoms with Crippen LogP contribution in [0.4, 0.5) is 0 Å². The Hall–Kier alpha value is -2.61. The van der Waals surface area contributed by atoms with Gasteiger partial charge in [0.1, 0.15) is 5.75 Å². The number of allylic oxidation sites excluding steroid dienone is 4. The number of benzene rings is 2. The van der Waals surface area contributed by atoms with Crippen LogP contribution in [-0.4, -0.2) is 12.9 Å². The van der Waals surface area contributed by atoms with Gasteiger partial charge in [0.05, 0.1) is 7.11 Å². The number of ketones is 1. The van der Waals surface area contributed by atoms with Crippen LogP contribution in [0.2, 0.25) is 0 Å². The van der Waals surface area contributed by atoms with Crippen molar-refractivity contribution in [1.29, 1.82) is 0 Å². The van der Waals surface area contributed by atoms with Gasteiger partial charge in [0.2, 0.25) is 0 Å². The van der Waals surface area contributed by atoms with Gasteiger partial charge in [0.25, 0.3) is 0 Å². The zero-order valence-electron chi connectivity index (χ0n) is 17.3. The summed E-state index contributed by atoms with van der Waals surface area (Å²) in [6, 6.07) is 18.1. The fourth-order valence-corrected chi connectivity index (χ4v) is 4.25. The molecule has 0 radical (unpaired) electrons. The van der Waals surface area contributed by atoms with E-state index in [1.165, 1.54) is 16.7 Å². The number of hydrogen-bond donors (Lipinski definition) is 0. The molecule has 0 N–H and O–H groups in total. The Kier molecular flexibility index (Phi) is 6.51. The molecule has 3 rings (SSSR count). The van der Waals surface area contributed by atoms with Gasteiger partial charge in [-0.25, -0.2) is 0 Å². The van der Waals surface area contributed by atoms with Crippen molar-refractivity contribution in [2.24, 2.45) is 11.8 Å². The maximum Gasteiger partial charge on any atom is 0.167 e. The Morgan fingerprint density at radius 2 is 1.86 bits per heavy atom. The van der Waals surface area contributed by atoms with Crippen LogP contribution in [0.1, 0.15) is 55.5 Å². The van der Waals surface area contributed by atoms with Gasteiger partial charge in [-0.3, -0.25) is 4.79 Å². The summed E-state index contributed by atoms with van der Waals surface area (Å²) in [5.41, 5.74) is 4.60. The van der Waals surface area contributed by atoms with Crippen molar-refractivity contribution in [2.75, 3.05) is 7.11 Å². The lowest BCUT2D eigenvalue weighted by molar-refractivity contribution is 0.0850. The van der Waals surface area contributed by atoms with E-state index in [1.54, 1.807) is 7.11 Å². The van der Waals surface area contributed by atoms with E-state index in [0.717, 1.165) is 24.2 Å². The predicted molar refractivity (Wildman–Crippen MR) is 116 cm³/mol. The summed E-state index contributed by atoms with van der Waals surface area (Å²) in [5, 5.41) is 0. The molecular weight excluding hydrogens is 344 g/mol. The van der Waals surface area contributed by atoms with Crippen LogP contribution < -0.4 is 4.74 Å². The molecule has 0 spiro atoms. The van der Waals surface area contributed by atoms with Gasteiger partial charge in [-0.2, -0.15) is 0 Å². The van der Waals surface area contributed by atoms with E-state index < -0.39 is 0 Å². The van der Waals surface area contributed by atoms with Gasteiger partial charge in [0, 0.05) is 11.5 Å². The van der Waals surface area contributed by atoms with E-state index in [2.05, 4.69) is 57.2 Å². The molecule has 28 heavy (non-hydrogen) atoms. The minimum Gasteiger partial charge on any atom is -0.497 e. The lowest BCUT2D eigenvalue weighted by Crippen LogP contribution is -2.33. The molecule has 1 aliphatic rings. The SMILES string of the molecule is COc1cccc(C(=O)[C@@H]2[C@H](CC=C(C)C)C(C)=CC[C@H]2c2ccccc2)c1. The lowest BCUT2D eigenvalue weighted by atomic mass is 9.66. The second-order valence-corrected chi connectivity index (χ2v) is 7.95. The molecule has 146 valence electrons. The first-order chi connectivity index (χ1) is 13.5. The fraction of sp³-hybridized carbons (Fsp3) is 0.346. The molecular formula is C26H30O2. The van der Waals surface area contributed by atoms with Crippen LogP contribution in [0.15, 0.2) is 77.9 Å². The molecule has 0 unspecified atom stereocenters. The highest BCUT2D eigenvalue weighted by Gasteiger charge is 2.39. The van der Waals surface area contributed by atoms with E-state index >= 15 is 0 Å². The summed E-state index contributed by atoms with van der Waals surface area (Å²) in [5.74, 6) is 1.28. The Bertz CT molecular complexity index is 872. The van der Waals surface area contributed by atoms with Gasteiger partial charge >= 0.3 is 0 Å². The van der Waals surface area contributed by atoms with Crippen LogP contribution in [0.25, 0.3) is 0 Å². The average molecular weight is 375 g/mol. The normalized spacial score (nSPS) is 21.6. The molecule has 2 nitrogen and oxygen atoms in total. The number of methoxy groups -OCH3 is 1. The zero-order valence-corrected chi connectivity index (χ0v) is 17.3. The van der Waals surface area contributed by atoms with Crippen LogP contribution in [0.5, 0.6) is 5.75 Å². The smallest absolute Gasteiger partial charge is 0.167 e. The molecule has 2 aromatic rings. The van der Waals surface area contributed by atoms with Crippen molar-refractivity contribution in [3.8, 4) is 5.75 Å². The summed E-state index contributed by atoms with van der Waals surface area (Å²) in [6.45, 7) is 6.42. The van der Waals surface area contributed by atoms with Gasteiger partial charge < -0.3 is 4.74 Å². The number of ether oxygens (including phenoxy) is 1. The molecule has 2 aromatic carbocycles. The molecule has 0 saturated carbocycles. The molecule has 0 heterocycles. The summed E-state index contributed by atoms with van der Waals surface area (Å²) in [6.07, 6.45) is 6.40. The fourth-order valence-electron chi connectivity index (χ4n) is 4.25. The first kappa shape index (κ1) is 20.1. The quantitative estimate of drug-likeness (QED) is 0.420. The van der Waals surface area contributed by atoms with E-state index in [1.807, 2.05) is 30.3 Å². The third kappa shape index (κ3) is 4.44. The standard InChI is InChI=1S/C26H30O2/c1-18(2)13-15-23-19(3)14-16-24(20-9-6-5-7-10-20)25(23)26(27)21-11-8-12-22(17-21)28-4/h5-14,17,23-25H,15-16H2,1-4H3/t23-,24+,25-/m1/s1. The highest BCUT2D eigenvalue weighted by molar-refractivity contribution is 5.99. The maximum absolute atomic E-state index is 13.7. The highest BCUT2D eigenvalue weighted by Crippen LogP contribution is 2.44. The summed E-state index contributed by atoms with van der Waals surface area (Å²) >= 11 is 0. The first-order valence-corrected chi connectivity index (χ1v) is 10.0. The van der Waals surface area contributed by atoms with Crippen molar-refractivity contribution < 1.29 is 9.53 Å². The number of hydrogen-bond acceptors (Lipinski definition) is 2. The third-order valence-corrected chi connectivity index (χ3v) is 5.81. The van der Waals surface area contributed by atoms with Crippen LogP contribution >= 0.6 is 0 Å². The molecule has 0 aromatic heterocycles. The number of carbonyl (C=O) groups excluding carboxylic acids is 1. The predicted octanol–water partition coefficient (Wildman–Crippen LogP) is 6.60. The van der Waals surface area contributed by atoms with E-state index in [9.17, 15) is 4.79 Å². The van der Waals surface area contributed by atoms with E-state index in [-0.39, 0.29) is 23.5 Å². The topological polar surface area (TPSA) is 26.3 Å². The molecule has 1 aliphatic carbocycles. The highest BCUT2D eigenvalue weighted by atomic mass is 16.5. The van der Waals surface area contributed by atoms with E-state index in [0.29, 0.717) is 0 Å². The number of carbonyl (C=O) groups is 1. The third-order valence-electron chi connectivity index (χ3n) is 5.81. The van der Waals surface area contributed by atoms with Crippen molar-refractivity contribution in [2.45, 2.75) is 39.5 Å². The molecule has 0 aliphatic heterocycles. The van der Waals surface area contributed by atoms with Crippen LogP contribution in [-0.2, 0) is 0 Å². The average Bonchev–Trinajstić information content (AvgIpc) is 2.72. The summed E-state index contributed by atoms with van der Waals surface area (Å²) in [4.78, 5) is 13.7. The van der Waals surface area contributed by atoms with Crippen molar-refractivity contribution in [3.63, 3.8) is 0 Å². The second-order valence-electron chi connectivity index (χ2n) is 7.95. The molecule has 0 fully saturated rings. The summed E-state index contributed by atoms with van der Waals surface area (Å²) in [7, 11) is 1.64. The Morgan fingerprint density at radius 3 is 2.54 bits per heavy atom. The van der Waals surface area contributed by atoms with Crippen molar-refractivity contribution in [1.82, 2.24) is 0 Å². The minimum absolute atomic E-state index is 0.0740. The number of rotatable bonds is 6. The van der Waals surface area contributed by atoms with Gasteiger partial charge in [-0.1, -0.05) is 65.8 Å². The van der Waals surface area contributed by atoms with Crippen molar-refractivity contribution >= 4 is 5.78 Å². The second kappa shape index (κ2) is 9.05. The Labute approximate surface area is 168 Å². The lowest BCUT2D eigenvalue weighted by Gasteiger charge is -2.37. The molecule has 3 atom stereocenters. The zero-order chi connectivity index (χ0) is 20.1. The minimum atomic E-state index is -0.0740. The largest absolute Gasteiger partial charge is 0.497 e. The Morgan fingerprint density at radius 1 is 1.11 bits per heavy atom. The van der Waals surface area contributed by atoms with E-state index in [4.69, 9.17) is 4.74 Å². The molecule has 0 amide bonds. The molecule has 2 heteroatoms. The van der Waals surface area contributed by atoms with Gasteiger partial charge in [-0.15, -0.1) is 0 Å². The summed E-state index contributed by atoms with van der Waals surface area (Å²) < 4.78 is 5.36. The maximum atomic E-state index is 13.7. The van der Waals surface area contributed by atoms with Gasteiger partial charge in [0.15, 0.2) is 5.78 Å². The number of Topliss-reactive ketones (excluding diaryl/α,β-unsaturated/α-hetero) is 1. The monoisotopic (exact) mass is 374 g/mol. The van der Waals surface area contributed by atoms with Gasteiger partial charge in [-0.05, 0) is 63.1 Å².